The summed E-state index contributed by atoms with van der Waals surface area (Å²) in [7, 11) is 0. The molecule has 30 heavy (non-hydrogen) atoms. The Morgan fingerprint density at radius 3 is 3.00 bits per heavy atom. The predicted molar refractivity (Wildman–Crippen MR) is 111 cm³/mol. The van der Waals surface area contributed by atoms with E-state index in [0.717, 1.165) is 47.0 Å². The molecule has 0 bridgehead atoms. The van der Waals surface area contributed by atoms with Crippen LogP contribution in [0.1, 0.15) is 40.2 Å². The quantitative estimate of drug-likeness (QED) is 0.555. The van der Waals surface area contributed by atoms with Gasteiger partial charge in [0.1, 0.15) is 0 Å². The Labute approximate surface area is 174 Å². The van der Waals surface area contributed by atoms with Gasteiger partial charge in [-0.15, -0.1) is 0 Å². The molecule has 1 saturated carbocycles. The molecule has 1 aliphatic carbocycles. The molecule has 0 atom stereocenters. The van der Waals surface area contributed by atoms with E-state index in [2.05, 4.69) is 20.7 Å². The fourth-order valence-corrected chi connectivity index (χ4v) is 3.97. The average molecular weight is 407 g/mol. The largest absolute Gasteiger partial charge is 0.376 e. The second-order valence-corrected chi connectivity index (χ2v) is 7.93. The van der Waals surface area contributed by atoms with Crippen molar-refractivity contribution in [2.75, 3.05) is 13.2 Å². The SMILES string of the molecule is O=C(Cc1c[nH]c2ccccc12)NCCn1nc(C(=O)NC2CC2)c2c1CCOC2. The summed E-state index contributed by atoms with van der Waals surface area (Å²) in [5.41, 5.74) is 4.39. The Morgan fingerprint density at radius 1 is 1.27 bits per heavy atom. The summed E-state index contributed by atoms with van der Waals surface area (Å²) in [6.07, 6.45) is 5.01. The number of amides is 2. The Morgan fingerprint density at radius 2 is 2.13 bits per heavy atom. The highest BCUT2D eigenvalue weighted by molar-refractivity contribution is 5.94. The van der Waals surface area contributed by atoms with Crippen LogP contribution in [-0.4, -0.2) is 45.8 Å². The van der Waals surface area contributed by atoms with Gasteiger partial charge in [0.2, 0.25) is 5.91 Å². The van der Waals surface area contributed by atoms with Gasteiger partial charge in [0.05, 0.1) is 26.2 Å². The highest BCUT2D eigenvalue weighted by Crippen LogP contribution is 2.24. The molecular formula is C22H25N5O3. The number of aromatic nitrogens is 3. The van der Waals surface area contributed by atoms with E-state index in [4.69, 9.17) is 4.74 Å². The van der Waals surface area contributed by atoms with Crippen molar-refractivity contribution in [3.63, 3.8) is 0 Å². The van der Waals surface area contributed by atoms with Crippen LogP contribution in [0.15, 0.2) is 30.5 Å². The van der Waals surface area contributed by atoms with Crippen LogP contribution in [-0.2, 0) is 35.5 Å². The van der Waals surface area contributed by atoms with E-state index in [1.807, 2.05) is 35.1 Å². The van der Waals surface area contributed by atoms with Crippen molar-refractivity contribution in [1.82, 2.24) is 25.4 Å². The lowest BCUT2D eigenvalue weighted by atomic mass is 10.1. The molecule has 5 rings (SSSR count). The molecule has 2 amide bonds. The molecule has 8 heteroatoms. The first-order chi connectivity index (χ1) is 14.7. The number of benzene rings is 1. The van der Waals surface area contributed by atoms with Crippen LogP contribution in [0.2, 0.25) is 0 Å². The number of carbonyl (C=O) groups is 2. The van der Waals surface area contributed by atoms with Crippen LogP contribution < -0.4 is 10.6 Å². The molecule has 2 aliphatic rings. The third-order valence-corrected chi connectivity index (χ3v) is 5.70. The summed E-state index contributed by atoms with van der Waals surface area (Å²) in [5.74, 6) is -0.155. The first-order valence-electron chi connectivity index (χ1n) is 10.5. The maximum atomic E-state index is 12.5. The van der Waals surface area contributed by atoms with Gasteiger partial charge in [0, 0.05) is 47.4 Å². The van der Waals surface area contributed by atoms with Crippen LogP contribution in [0.4, 0.5) is 0 Å². The molecule has 3 aromatic rings. The van der Waals surface area contributed by atoms with Gasteiger partial charge in [-0.3, -0.25) is 14.3 Å². The monoisotopic (exact) mass is 407 g/mol. The molecule has 8 nitrogen and oxygen atoms in total. The lowest BCUT2D eigenvalue weighted by molar-refractivity contribution is -0.120. The molecule has 1 aliphatic heterocycles. The Bertz CT molecular complexity index is 1100. The maximum absolute atomic E-state index is 12.5. The highest BCUT2D eigenvalue weighted by atomic mass is 16.5. The van der Waals surface area contributed by atoms with E-state index in [9.17, 15) is 9.59 Å². The number of para-hydroxylation sites is 1. The van der Waals surface area contributed by atoms with Crippen LogP contribution in [0.3, 0.4) is 0 Å². The number of H-pyrrole nitrogens is 1. The Hall–Kier alpha value is -3.13. The number of nitrogens with one attached hydrogen (secondary N) is 3. The van der Waals surface area contributed by atoms with E-state index in [0.29, 0.717) is 38.4 Å². The van der Waals surface area contributed by atoms with Gasteiger partial charge in [-0.1, -0.05) is 18.2 Å². The lowest BCUT2D eigenvalue weighted by Gasteiger charge is -2.15. The number of carbonyl (C=O) groups excluding carboxylic acids is 2. The molecule has 0 saturated heterocycles. The van der Waals surface area contributed by atoms with Crippen molar-refractivity contribution in [2.24, 2.45) is 0 Å². The molecule has 3 N–H and O–H groups in total. The van der Waals surface area contributed by atoms with Crippen LogP contribution in [0.5, 0.6) is 0 Å². The maximum Gasteiger partial charge on any atom is 0.272 e. The second-order valence-electron chi connectivity index (χ2n) is 7.93. The molecule has 3 heterocycles. The van der Waals surface area contributed by atoms with Crippen molar-refractivity contribution in [3.05, 3.63) is 53.0 Å². The minimum absolute atomic E-state index is 0.0317. The van der Waals surface area contributed by atoms with Gasteiger partial charge in [-0.25, -0.2) is 0 Å². The molecule has 0 unspecified atom stereocenters. The number of hydrogen-bond donors (Lipinski definition) is 3. The number of hydrogen-bond acceptors (Lipinski definition) is 4. The smallest absolute Gasteiger partial charge is 0.272 e. The summed E-state index contributed by atoms with van der Waals surface area (Å²) < 4.78 is 7.40. The molecule has 0 radical (unpaired) electrons. The zero-order valence-electron chi connectivity index (χ0n) is 16.7. The average Bonchev–Trinajstić information content (AvgIpc) is 3.37. The molecule has 0 spiro atoms. The van der Waals surface area contributed by atoms with Crippen molar-refractivity contribution in [2.45, 2.75) is 44.9 Å². The van der Waals surface area contributed by atoms with Gasteiger partial charge in [0.15, 0.2) is 5.69 Å². The summed E-state index contributed by atoms with van der Waals surface area (Å²) >= 11 is 0. The normalized spacial score (nSPS) is 15.7. The lowest BCUT2D eigenvalue weighted by Crippen LogP contribution is -2.29. The minimum atomic E-state index is -0.124. The van der Waals surface area contributed by atoms with Crippen LogP contribution in [0.25, 0.3) is 10.9 Å². The van der Waals surface area contributed by atoms with Gasteiger partial charge in [-0.2, -0.15) is 5.10 Å². The molecule has 156 valence electrons. The van der Waals surface area contributed by atoms with Crippen LogP contribution >= 0.6 is 0 Å². The van der Waals surface area contributed by atoms with Crippen molar-refractivity contribution in [3.8, 4) is 0 Å². The van der Waals surface area contributed by atoms with Crippen molar-refractivity contribution < 1.29 is 14.3 Å². The summed E-state index contributed by atoms with van der Waals surface area (Å²) in [4.78, 5) is 28.2. The Kier molecular flexibility index (Phi) is 5.00. The van der Waals surface area contributed by atoms with Gasteiger partial charge >= 0.3 is 0 Å². The third kappa shape index (κ3) is 3.82. The summed E-state index contributed by atoms with van der Waals surface area (Å²) in [6.45, 7) is 2.02. The molecular weight excluding hydrogens is 382 g/mol. The first-order valence-corrected chi connectivity index (χ1v) is 10.5. The van der Waals surface area contributed by atoms with Crippen molar-refractivity contribution >= 4 is 22.7 Å². The zero-order chi connectivity index (χ0) is 20.5. The molecule has 1 aromatic carbocycles. The predicted octanol–water partition coefficient (Wildman–Crippen LogP) is 1.69. The number of nitrogens with zero attached hydrogens (tertiary/aromatic N) is 2. The van der Waals surface area contributed by atoms with Gasteiger partial charge in [0.25, 0.3) is 5.91 Å². The summed E-state index contributed by atoms with van der Waals surface area (Å²) in [5, 5.41) is 11.6. The fourth-order valence-electron chi connectivity index (χ4n) is 3.97. The number of aromatic amines is 1. The van der Waals surface area contributed by atoms with E-state index >= 15 is 0 Å². The fraction of sp³-hybridized carbons (Fsp3) is 0.409. The standard InChI is InChI=1S/C22H25N5O3/c28-20(11-14-12-24-18-4-2-1-3-16(14)18)23-8-9-27-19-7-10-30-13-17(19)21(26-27)22(29)25-15-5-6-15/h1-4,12,15,24H,5-11,13H2,(H,23,28)(H,25,29). The highest BCUT2D eigenvalue weighted by Gasteiger charge is 2.29. The van der Waals surface area contributed by atoms with Gasteiger partial charge in [-0.05, 0) is 24.5 Å². The van der Waals surface area contributed by atoms with E-state index in [1.165, 1.54) is 0 Å². The van der Waals surface area contributed by atoms with Crippen molar-refractivity contribution in [1.29, 1.82) is 0 Å². The van der Waals surface area contributed by atoms with E-state index in [-0.39, 0.29) is 17.9 Å². The van der Waals surface area contributed by atoms with E-state index < -0.39 is 0 Å². The summed E-state index contributed by atoms with van der Waals surface area (Å²) in [6, 6.07) is 8.24. The molecule has 1 fully saturated rings. The number of ether oxygens (including phenoxy) is 1. The topological polar surface area (TPSA) is 101 Å². The minimum Gasteiger partial charge on any atom is -0.376 e. The van der Waals surface area contributed by atoms with E-state index in [1.54, 1.807) is 0 Å². The number of fused-ring (bicyclic) bond motifs is 2. The first kappa shape index (κ1) is 18.9. The second kappa shape index (κ2) is 7.95. The third-order valence-electron chi connectivity index (χ3n) is 5.70. The Balaban J connectivity index is 1.22. The van der Waals surface area contributed by atoms with Crippen LogP contribution in [0, 0.1) is 0 Å². The number of rotatable bonds is 7. The molecule has 2 aromatic heterocycles. The van der Waals surface area contributed by atoms with Gasteiger partial charge < -0.3 is 20.4 Å². The zero-order valence-corrected chi connectivity index (χ0v) is 16.7.